The van der Waals surface area contributed by atoms with Gasteiger partial charge in [-0.15, -0.1) is 0 Å². The minimum absolute atomic E-state index is 0.000892. The monoisotopic (exact) mass is 464 g/mol. The van der Waals surface area contributed by atoms with E-state index in [-0.39, 0.29) is 11.3 Å². The number of thioether (sulfide) groups is 1. The Hall–Kier alpha value is -2.50. The van der Waals surface area contributed by atoms with Gasteiger partial charge in [-0.05, 0) is 68.2 Å². The predicted octanol–water partition coefficient (Wildman–Crippen LogP) is 5.53. The fourth-order valence-corrected chi connectivity index (χ4v) is 4.77. The average Bonchev–Trinajstić information content (AvgIpc) is 2.82. The molecule has 1 amide bonds. The largest absolute Gasteiger partial charge is 0.493 e. The molecular formula is C28H36N2O2S. The molecule has 176 valence electrons. The Labute approximate surface area is 203 Å². The van der Waals surface area contributed by atoms with Crippen molar-refractivity contribution in [2.24, 2.45) is 5.41 Å². The maximum Gasteiger partial charge on any atom is 0.251 e. The number of nitrogens with one attached hydrogen (secondary N) is 1. The lowest BCUT2D eigenvalue weighted by molar-refractivity contribution is 0.0952. The van der Waals surface area contributed by atoms with E-state index in [0.717, 1.165) is 53.3 Å². The van der Waals surface area contributed by atoms with Crippen LogP contribution < -0.4 is 10.1 Å². The maximum atomic E-state index is 12.8. The quantitative estimate of drug-likeness (QED) is 0.419. The van der Waals surface area contributed by atoms with E-state index in [1.54, 1.807) is 0 Å². The summed E-state index contributed by atoms with van der Waals surface area (Å²) in [5.74, 6) is 2.93. The fourth-order valence-electron chi connectivity index (χ4n) is 3.74. The second-order valence-corrected chi connectivity index (χ2v) is 10.1. The second kappa shape index (κ2) is 12.7. The highest BCUT2D eigenvalue weighted by atomic mass is 32.2. The number of carbonyl (C=O) groups excluding carboxylic acids is 1. The number of nitrogens with zero attached hydrogens (tertiary/aromatic N) is 1. The Kier molecular flexibility index (Phi) is 9.64. The Bertz CT molecular complexity index is 955. The summed E-state index contributed by atoms with van der Waals surface area (Å²) in [4.78, 5) is 14.9. The molecule has 0 unspecified atom stereocenters. The summed E-state index contributed by atoms with van der Waals surface area (Å²) in [6.07, 6.45) is 8.67. The molecule has 33 heavy (non-hydrogen) atoms. The molecule has 1 N–H and O–H groups in total. The second-order valence-electron chi connectivity index (χ2n) is 9.02. The van der Waals surface area contributed by atoms with Gasteiger partial charge in [-0.2, -0.15) is 11.8 Å². The van der Waals surface area contributed by atoms with Crippen molar-refractivity contribution in [3.63, 3.8) is 0 Å². The van der Waals surface area contributed by atoms with Gasteiger partial charge in [-0.1, -0.05) is 61.5 Å². The molecule has 4 nitrogen and oxygen atoms in total. The first-order valence-electron chi connectivity index (χ1n) is 11.6. The van der Waals surface area contributed by atoms with Gasteiger partial charge in [0, 0.05) is 23.6 Å². The Balaban J connectivity index is 1.49. The van der Waals surface area contributed by atoms with Crippen molar-refractivity contribution >= 4 is 23.2 Å². The highest BCUT2D eigenvalue weighted by molar-refractivity contribution is 7.99. The summed E-state index contributed by atoms with van der Waals surface area (Å²) >= 11 is 1.92. The van der Waals surface area contributed by atoms with Crippen LogP contribution in [0.3, 0.4) is 0 Å². The van der Waals surface area contributed by atoms with E-state index in [2.05, 4.69) is 35.4 Å². The molecule has 0 bridgehead atoms. The van der Waals surface area contributed by atoms with Gasteiger partial charge in [-0.3, -0.25) is 4.79 Å². The van der Waals surface area contributed by atoms with Gasteiger partial charge >= 0.3 is 0 Å². The smallest absolute Gasteiger partial charge is 0.251 e. The zero-order chi connectivity index (χ0) is 23.5. The molecule has 3 rings (SSSR count). The standard InChI is InChI=1S/C28H36N2O2S/c1-28(22-33-21-20-32-24-10-5-4-6-11-24)16-14-23(15-17-28)25-12-7-8-13-26(25)27(31)29-18-9-19-30(2)3/h4-8,10-16H,9,17-22H2,1-3H3,(H,29,31)/t28-/m1/s1. The molecule has 5 heteroatoms. The third-order valence-electron chi connectivity index (χ3n) is 5.68. The van der Waals surface area contributed by atoms with Crippen molar-refractivity contribution in [2.45, 2.75) is 19.8 Å². The molecule has 0 saturated carbocycles. The first kappa shape index (κ1) is 25.1. The van der Waals surface area contributed by atoms with Crippen LogP contribution in [0.15, 0.2) is 72.8 Å². The topological polar surface area (TPSA) is 41.6 Å². The van der Waals surface area contributed by atoms with Crippen molar-refractivity contribution in [3.05, 3.63) is 84.0 Å². The third-order valence-corrected chi connectivity index (χ3v) is 6.99. The summed E-state index contributed by atoms with van der Waals surface area (Å²) in [7, 11) is 4.09. The number of benzene rings is 2. The molecule has 0 aliphatic heterocycles. The molecule has 2 aromatic carbocycles. The van der Waals surface area contributed by atoms with Crippen LogP contribution in [0.2, 0.25) is 0 Å². The summed E-state index contributed by atoms with van der Waals surface area (Å²) in [6.45, 7) is 4.66. The molecule has 1 atom stereocenters. The van der Waals surface area contributed by atoms with Gasteiger partial charge in [0.2, 0.25) is 0 Å². The molecule has 0 radical (unpaired) electrons. The highest BCUT2D eigenvalue weighted by Gasteiger charge is 2.24. The van der Waals surface area contributed by atoms with Crippen molar-refractivity contribution < 1.29 is 9.53 Å². The summed E-state index contributed by atoms with van der Waals surface area (Å²) in [5.41, 5.74) is 2.99. The van der Waals surface area contributed by atoms with Crippen LogP contribution in [0.25, 0.3) is 5.57 Å². The number of carbonyl (C=O) groups is 1. The van der Waals surface area contributed by atoms with Crippen LogP contribution >= 0.6 is 11.8 Å². The number of para-hydroxylation sites is 1. The van der Waals surface area contributed by atoms with Crippen molar-refractivity contribution in [3.8, 4) is 5.75 Å². The zero-order valence-electron chi connectivity index (χ0n) is 20.0. The summed E-state index contributed by atoms with van der Waals surface area (Å²) in [5, 5.41) is 3.07. The zero-order valence-corrected chi connectivity index (χ0v) is 20.9. The normalized spacial score (nSPS) is 17.6. The number of allylic oxidation sites excluding steroid dienone is 4. The molecule has 2 aromatic rings. The maximum absolute atomic E-state index is 12.8. The number of hydrogen-bond acceptors (Lipinski definition) is 4. The number of amides is 1. The molecule has 1 aliphatic carbocycles. The van der Waals surface area contributed by atoms with Crippen LogP contribution in [-0.2, 0) is 0 Å². The van der Waals surface area contributed by atoms with Crippen LogP contribution in [-0.4, -0.2) is 56.1 Å². The van der Waals surface area contributed by atoms with Gasteiger partial charge in [0.15, 0.2) is 0 Å². The molecular weight excluding hydrogens is 428 g/mol. The number of ether oxygens (including phenoxy) is 1. The Morgan fingerprint density at radius 1 is 1.12 bits per heavy atom. The van der Waals surface area contributed by atoms with Crippen LogP contribution in [0, 0.1) is 5.41 Å². The average molecular weight is 465 g/mol. The van der Waals surface area contributed by atoms with Crippen LogP contribution in [0.4, 0.5) is 0 Å². The molecule has 0 heterocycles. The van der Waals surface area contributed by atoms with Crippen LogP contribution in [0.1, 0.15) is 35.7 Å². The van der Waals surface area contributed by atoms with E-state index >= 15 is 0 Å². The first-order chi connectivity index (χ1) is 16.0. The van der Waals surface area contributed by atoms with Crippen molar-refractivity contribution in [2.75, 3.05) is 45.3 Å². The third kappa shape index (κ3) is 8.09. The minimum atomic E-state index is 0.000892. The molecule has 0 aromatic heterocycles. The lowest BCUT2D eigenvalue weighted by Gasteiger charge is -2.28. The predicted molar refractivity (Wildman–Crippen MR) is 141 cm³/mol. The SMILES string of the molecule is CN(C)CCCNC(=O)c1ccccc1C1=CC[C@](C)(CSCCOc2ccccc2)C=C1. The fraction of sp³-hybridized carbons (Fsp3) is 0.393. The lowest BCUT2D eigenvalue weighted by Crippen LogP contribution is -2.28. The van der Waals surface area contributed by atoms with Crippen molar-refractivity contribution in [1.82, 2.24) is 10.2 Å². The number of hydrogen-bond donors (Lipinski definition) is 1. The van der Waals surface area contributed by atoms with E-state index in [0.29, 0.717) is 13.2 Å². The highest BCUT2D eigenvalue weighted by Crippen LogP contribution is 2.36. The molecule has 0 fully saturated rings. The van der Waals surface area contributed by atoms with Crippen LogP contribution in [0.5, 0.6) is 5.75 Å². The van der Waals surface area contributed by atoms with Gasteiger partial charge in [0.25, 0.3) is 5.91 Å². The van der Waals surface area contributed by atoms with Gasteiger partial charge < -0.3 is 15.0 Å². The summed E-state index contributed by atoms with van der Waals surface area (Å²) < 4.78 is 5.79. The van der Waals surface area contributed by atoms with E-state index in [4.69, 9.17) is 4.74 Å². The minimum Gasteiger partial charge on any atom is -0.493 e. The lowest BCUT2D eigenvalue weighted by atomic mass is 9.82. The van der Waals surface area contributed by atoms with E-state index in [1.165, 1.54) is 0 Å². The number of rotatable bonds is 12. The Morgan fingerprint density at radius 3 is 2.61 bits per heavy atom. The van der Waals surface area contributed by atoms with Gasteiger partial charge in [0.05, 0.1) is 6.61 Å². The van der Waals surface area contributed by atoms with E-state index in [1.807, 2.05) is 80.5 Å². The van der Waals surface area contributed by atoms with Crippen molar-refractivity contribution in [1.29, 1.82) is 0 Å². The van der Waals surface area contributed by atoms with Gasteiger partial charge in [-0.25, -0.2) is 0 Å². The molecule has 0 saturated heterocycles. The Morgan fingerprint density at radius 2 is 1.88 bits per heavy atom. The van der Waals surface area contributed by atoms with Gasteiger partial charge in [0.1, 0.15) is 5.75 Å². The molecule has 1 aliphatic rings. The summed E-state index contributed by atoms with van der Waals surface area (Å²) in [6, 6.07) is 17.9. The molecule has 0 spiro atoms. The first-order valence-corrected chi connectivity index (χ1v) is 12.8. The van der Waals surface area contributed by atoms with E-state index < -0.39 is 0 Å². The van der Waals surface area contributed by atoms with E-state index in [9.17, 15) is 4.79 Å².